The number of rotatable bonds is 6. The van der Waals surface area contributed by atoms with E-state index in [-0.39, 0.29) is 0 Å². The lowest BCUT2D eigenvalue weighted by Crippen LogP contribution is -2.17. The Labute approximate surface area is 115 Å². The Morgan fingerprint density at radius 1 is 1.35 bits per heavy atom. The molecule has 0 unspecified atom stereocenters. The first-order valence-corrected chi connectivity index (χ1v) is 6.05. The van der Waals surface area contributed by atoms with E-state index in [2.05, 4.69) is 5.32 Å². The molecule has 0 heterocycles. The number of nitrogens with zero attached hydrogens (tertiary/aromatic N) is 1. The molecule has 0 radical (unpaired) electrons. The lowest BCUT2D eigenvalue weighted by Gasteiger charge is -2.14. The van der Waals surface area contributed by atoms with E-state index in [4.69, 9.17) is 5.11 Å². The minimum atomic E-state index is -4.67. The summed E-state index contributed by atoms with van der Waals surface area (Å²) >= 11 is 0. The van der Waals surface area contributed by atoms with Crippen LogP contribution in [0.25, 0.3) is 0 Å². The number of hydrogen-bond donors (Lipinski definition) is 2. The first-order chi connectivity index (χ1) is 9.21. The predicted octanol–water partition coefficient (Wildman–Crippen LogP) is 2.77. The first-order valence-electron chi connectivity index (χ1n) is 6.05. The molecule has 0 aliphatic rings. The Balaban J connectivity index is 2.81. The van der Waals surface area contributed by atoms with Crippen LogP contribution in [0.15, 0.2) is 18.2 Å². The SMILES string of the molecule is CN(C)CCCNc1ccc(C(F)(F)F)c(C(=O)O)c1. The smallest absolute Gasteiger partial charge is 0.417 e. The van der Waals surface area contributed by atoms with Gasteiger partial charge in [-0.05, 0) is 45.3 Å². The topological polar surface area (TPSA) is 52.6 Å². The molecular formula is C13H17F3N2O2. The number of halogens is 3. The van der Waals surface area contributed by atoms with Crippen molar-refractivity contribution in [3.8, 4) is 0 Å². The molecule has 0 fully saturated rings. The van der Waals surface area contributed by atoms with Gasteiger partial charge in [0.1, 0.15) is 0 Å². The maximum atomic E-state index is 12.6. The van der Waals surface area contributed by atoms with E-state index >= 15 is 0 Å². The summed E-state index contributed by atoms with van der Waals surface area (Å²) in [5.41, 5.74) is -1.51. The quantitative estimate of drug-likeness (QED) is 0.791. The molecule has 0 bridgehead atoms. The van der Waals surface area contributed by atoms with Crippen LogP contribution in [-0.4, -0.2) is 43.2 Å². The maximum Gasteiger partial charge on any atom is 0.417 e. The number of benzene rings is 1. The summed E-state index contributed by atoms with van der Waals surface area (Å²) in [5.74, 6) is -1.59. The van der Waals surface area contributed by atoms with Crippen molar-refractivity contribution in [2.24, 2.45) is 0 Å². The van der Waals surface area contributed by atoms with Crippen molar-refractivity contribution in [3.63, 3.8) is 0 Å². The van der Waals surface area contributed by atoms with Gasteiger partial charge in [-0.25, -0.2) is 4.79 Å². The molecule has 0 aliphatic carbocycles. The van der Waals surface area contributed by atoms with Crippen molar-refractivity contribution in [3.05, 3.63) is 29.3 Å². The molecule has 20 heavy (non-hydrogen) atoms. The van der Waals surface area contributed by atoms with Crippen LogP contribution < -0.4 is 5.32 Å². The molecule has 1 aromatic carbocycles. The number of anilines is 1. The molecule has 7 heteroatoms. The Kier molecular flexibility index (Phi) is 5.38. The Bertz CT molecular complexity index is 473. The minimum Gasteiger partial charge on any atom is -0.478 e. The van der Waals surface area contributed by atoms with Crippen molar-refractivity contribution >= 4 is 11.7 Å². The summed E-state index contributed by atoms with van der Waals surface area (Å²) in [7, 11) is 3.83. The Morgan fingerprint density at radius 2 is 2.00 bits per heavy atom. The molecule has 2 N–H and O–H groups in total. The second-order valence-electron chi connectivity index (χ2n) is 4.65. The van der Waals surface area contributed by atoms with E-state index in [1.807, 2.05) is 19.0 Å². The molecule has 0 amide bonds. The molecule has 0 aliphatic heterocycles. The molecular weight excluding hydrogens is 273 g/mol. The van der Waals surface area contributed by atoms with E-state index in [9.17, 15) is 18.0 Å². The average molecular weight is 290 g/mol. The highest BCUT2D eigenvalue weighted by Gasteiger charge is 2.35. The van der Waals surface area contributed by atoms with E-state index < -0.39 is 23.3 Å². The molecule has 4 nitrogen and oxygen atoms in total. The maximum absolute atomic E-state index is 12.6. The summed E-state index contributed by atoms with van der Waals surface area (Å²) in [6.45, 7) is 1.39. The highest BCUT2D eigenvalue weighted by atomic mass is 19.4. The van der Waals surface area contributed by atoms with Gasteiger partial charge in [-0.1, -0.05) is 0 Å². The minimum absolute atomic E-state index is 0.370. The summed E-state index contributed by atoms with van der Waals surface area (Å²) in [6, 6.07) is 3.05. The van der Waals surface area contributed by atoms with Crippen molar-refractivity contribution in [1.82, 2.24) is 4.90 Å². The van der Waals surface area contributed by atoms with Crippen LogP contribution >= 0.6 is 0 Å². The number of nitrogens with one attached hydrogen (secondary N) is 1. The van der Waals surface area contributed by atoms with Gasteiger partial charge in [-0.15, -0.1) is 0 Å². The normalized spacial score (nSPS) is 11.7. The lowest BCUT2D eigenvalue weighted by atomic mass is 10.1. The number of carboxylic acid groups (broad SMARTS) is 1. The molecule has 1 aromatic rings. The third-order valence-corrected chi connectivity index (χ3v) is 2.67. The van der Waals surface area contributed by atoms with Crippen molar-refractivity contribution < 1.29 is 23.1 Å². The van der Waals surface area contributed by atoms with Crippen molar-refractivity contribution in [2.45, 2.75) is 12.6 Å². The average Bonchev–Trinajstić information content (AvgIpc) is 2.33. The second kappa shape index (κ2) is 6.60. The largest absolute Gasteiger partial charge is 0.478 e. The highest BCUT2D eigenvalue weighted by Crippen LogP contribution is 2.33. The van der Waals surface area contributed by atoms with Gasteiger partial charge in [-0.2, -0.15) is 13.2 Å². The summed E-state index contributed by atoms with van der Waals surface area (Å²) in [6.07, 6.45) is -3.87. The van der Waals surface area contributed by atoms with Crippen LogP contribution in [0.3, 0.4) is 0 Å². The van der Waals surface area contributed by atoms with Gasteiger partial charge in [0.15, 0.2) is 0 Å². The number of carbonyl (C=O) groups is 1. The van der Waals surface area contributed by atoms with Gasteiger partial charge in [0.2, 0.25) is 0 Å². The third-order valence-electron chi connectivity index (χ3n) is 2.67. The van der Waals surface area contributed by atoms with Crippen LogP contribution in [0, 0.1) is 0 Å². The Hall–Kier alpha value is -1.76. The van der Waals surface area contributed by atoms with E-state index in [0.717, 1.165) is 25.1 Å². The molecule has 112 valence electrons. The fourth-order valence-electron chi connectivity index (χ4n) is 1.71. The second-order valence-corrected chi connectivity index (χ2v) is 4.65. The molecule has 0 saturated heterocycles. The number of carboxylic acids is 1. The van der Waals surface area contributed by atoms with Crippen LogP contribution in [0.5, 0.6) is 0 Å². The number of hydrogen-bond acceptors (Lipinski definition) is 3. The number of aromatic carboxylic acids is 1. The summed E-state index contributed by atoms with van der Waals surface area (Å²) < 4.78 is 37.9. The zero-order valence-corrected chi connectivity index (χ0v) is 11.3. The van der Waals surface area contributed by atoms with Crippen molar-refractivity contribution in [2.75, 3.05) is 32.5 Å². The third kappa shape index (κ3) is 4.73. The number of alkyl halides is 3. The lowest BCUT2D eigenvalue weighted by molar-refractivity contribution is -0.138. The molecule has 1 rings (SSSR count). The van der Waals surface area contributed by atoms with Crippen LogP contribution in [0.1, 0.15) is 22.3 Å². The monoisotopic (exact) mass is 290 g/mol. The van der Waals surface area contributed by atoms with Crippen molar-refractivity contribution in [1.29, 1.82) is 0 Å². The Morgan fingerprint density at radius 3 is 2.50 bits per heavy atom. The zero-order chi connectivity index (χ0) is 15.3. The van der Waals surface area contributed by atoms with E-state index in [0.29, 0.717) is 12.2 Å². The van der Waals surface area contributed by atoms with Gasteiger partial charge in [0.05, 0.1) is 11.1 Å². The van der Waals surface area contributed by atoms with Gasteiger partial charge < -0.3 is 15.3 Å². The van der Waals surface area contributed by atoms with Gasteiger partial charge in [0.25, 0.3) is 0 Å². The van der Waals surface area contributed by atoms with Gasteiger partial charge in [-0.3, -0.25) is 0 Å². The summed E-state index contributed by atoms with van der Waals surface area (Å²) in [4.78, 5) is 12.9. The molecule has 0 aromatic heterocycles. The van der Waals surface area contributed by atoms with E-state index in [1.165, 1.54) is 6.07 Å². The predicted molar refractivity (Wildman–Crippen MR) is 70.1 cm³/mol. The highest BCUT2D eigenvalue weighted by molar-refractivity contribution is 5.91. The van der Waals surface area contributed by atoms with Gasteiger partial charge >= 0.3 is 12.1 Å². The molecule has 0 spiro atoms. The standard InChI is InChI=1S/C13H17F3N2O2/c1-18(2)7-3-6-17-9-4-5-11(13(14,15)16)10(8-9)12(19)20/h4-5,8,17H,3,6-7H2,1-2H3,(H,19,20). The zero-order valence-electron chi connectivity index (χ0n) is 11.3. The fourth-order valence-corrected chi connectivity index (χ4v) is 1.71. The molecule has 0 saturated carbocycles. The van der Waals surface area contributed by atoms with Crippen LogP contribution in [-0.2, 0) is 6.18 Å². The van der Waals surface area contributed by atoms with Crippen LogP contribution in [0.2, 0.25) is 0 Å². The van der Waals surface area contributed by atoms with Crippen LogP contribution in [0.4, 0.5) is 18.9 Å². The van der Waals surface area contributed by atoms with E-state index in [1.54, 1.807) is 0 Å². The fraction of sp³-hybridized carbons (Fsp3) is 0.462. The first kappa shape index (κ1) is 16.3. The van der Waals surface area contributed by atoms with Gasteiger partial charge in [0, 0.05) is 12.2 Å². The summed E-state index contributed by atoms with van der Waals surface area (Å²) in [5, 5.41) is 11.8. The molecule has 0 atom stereocenters.